The van der Waals surface area contributed by atoms with E-state index in [2.05, 4.69) is 17.2 Å². The van der Waals surface area contributed by atoms with Gasteiger partial charge in [0.2, 0.25) is 0 Å². The van der Waals surface area contributed by atoms with Crippen LogP contribution < -0.4 is 0 Å². The first-order valence-electron chi connectivity index (χ1n) is 7.47. The molecule has 0 spiro atoms. The second-order valence-electron chi connectivity index (χ2n) is 5.43. The fraction of sp³-hybridized carbons (Fsp3) is 0.158. The van der Waals surface area contributed by atoms with Gasteiger partial charge in [-0.3, -0.25) is 9.48 Å². The van der Waals surface area contributed by atoms with Gasteiger partial charge in [-0.25, -0.2) is 0 Å². The highest BCUT2D eigenvalue weighted by Gasteiger charge is 2.08. The van der Waals surface area contributed by atoms with Gasteiger partial charge in [0, 0.05) is 29.6 Å². The van der Waals surface area contributed by atoms with Crippen LogP contribution in [0.2, 0.25) is 0 Å². The number of carbonyl (C=O) groups excluding carboxylic acids is 1. The Labute approximate surface area is 139 Å². The van der Waals surface area contributed by atoms with Crippen LogP contribution in [0.4, 0.5) is 0 Å². The number of allylic oxidation sites excluding steroid dienone is 1. The zero-order chi connectivity index (χ0) is 16.2. The molecule has 1 aromatic carbocycles. The van der Waals surface area contributed by atoms with E-state index in [0.29, 0.717) is 0 Å². The molecule has 0 unspecified atom stereocenters. The van der Waals surface area contributed by atoms with Crippen molar-refractivity contribution in [1.82, 2.24) is 9.78 Å². The minimum atomic E-state index is 0.0394. The summed E-state index contributed by atoms with van der Waals surface area (Å²) in [7, 11) is 1.89. The molecule has 0 saturated heterocycles. The molecule has 0 aliphatic heterocycles. The smallest absolute Gasteiger partial charge is 0.195 e. The summed E-state index contributed by atoms with van der Waals surface area (Å²) in [5, 5.41) is 4.17. The van der Waals surface area contributed by atoms with Gasteiger partial charge in [0.05, 0.1) is 11.1 Å². The monoisotopic (exact) mass is 322 g/mol. The van der Waals surface area contributed by atoms with Crippen LogP contribution in [0.5, 0.6) is 0 Å². The van der Waals surface area contributed by atoms with Crippen molar-refractivity contribution in [3.8, 4) is 0 Å². The van der Waals surface area contributed by atoms with Gasteiger partial charge in [0.15, 0.2) is 5.78 Å². The van der Waals surface area contributed by atoms with Crippen LogP contribution in [-0.4, -0.2) is 15.6 Å². The van der Waals surface area contributed by atoms with Crippen molar-refractivity contribution in [2.24, 2.45) is 7.05 Å². The molecule has 4 heteroatoms. The van der Waals surface area contributed by atoms with Crippen LogP contribution >= 0.6 is 11.3 Å². The first-order chi connectivity index (χ1) is 11.1. The molecule has 0 amide bonds. The average molecular weight is 322 g/mol. The largest absolute Gasteiger partial charge is 0.288 e. The molecular formula is C19H18N2OS. The quantitative estimate of drug-likeness (QED) is 0.519. The molecule has 0 saturated carbocycles. The van der Waals surface area contributed by atoms with Crippen molar-refractivity contribution in [1.29, 1.82) is 0 Å². The van der Waals surface area contributed by atoms with Crippen molar-refractivity contribution in [3.05, 3.63) is 81.3 Å². The number of ketones is 1. The Hall–Kier alpha value is -2.46. The second-order valence-corrected chi connectivity index (χ2v) is 6.60. The third-order valence-corrected chi connectivity index (χ3v) is 4.91. The lowest BCUT2D eigenvalue weighted by Crippen LogP contribution is -1.93. The van der Waals surface area contributed by atoms with Crippen molar-refractivity contribution >= 4 is 23.2 Å². The summed E-state index contributed by atoms with van der Waals surface area (Å²) >= 11 is 1.56. The first kappa shape index (κ1) is 15.4. The lowest BCUT2D eigenvalue weighted by molar-refractivity contribution is 0.105. The standard InChI is InChI=1S/C19H18N2OS/c1-14-16(13-20-21(14)2)8-10-18(22)19-11-9-17(23-19)12-15-6-4-3-5-7-15/h3-11,13H,12H2,1-2H3/b10-8+. The Bertz CT molecular complexity index is 843. The topological polar surface area (TPSA) is 34.9 Å². The van der Waals surface area contributed by atoms with Crippen LogP contribution in [0.1, 0.15) is 31.4 Å². The van der Waals surface area contributed by atoms with Crippen molar-refractivity contribution in [2.75, 3.05) is 0 Å². The molecule has 2 heterocycles. The maximum Gasteiger partial charge on any atom is 0.195 e. The molecular weight excluding hydrogens is 304 g/mol. The molecule has 116 valence electrons. The summed E-state index contributed by atoms with van der Waals surface area (Å²) in [5.41, 5.74) is 3.28. The Morgan fingerprint density at radius 2 is 2.00 bits per heavy atom. The fourth-order valence-electron chi connectivity index (χ4n) is 2.33. The van der Waals surface area contributed by atoms with Gasteiger partial charge in [0.25, 0.3) is 0 Å². The first-order valence-corrected chi connectivity index (χ1v) is 8.29. The SMILES string of the molecule is Cc1c(/C=C/C(=O)c2ccc(Cc3ccccc3)s2)cnn1C. The van der Waals surface area contributed by atoms with Crippen molar-refractivity contribution in [2.45, 2.75) is 13.3 Å². The number of hydrogen-bond acceptors (Lipinski definition) is 3. The van der Waals surface area contributed by atoms with E-state index in [-0.39, 0.29) is 5.78 Å². The number of nitrogens with zero attached hydrogens (tertiary/aromatic N) is 2. The molecule has 0 fully saturated rings. The number of benzene rings is 1. The molecule has 0 N–H and O–H groups in total. The lowest BCUT2D eigenvalue weighted by atomic mass is 10.1. The highest BCUT2D eigenvalue weighted by atomic mass is 32.1. The van der Waals surface area contributed by atoms with E-state index in [9.17, 15) is 4.79 Å². The Kier molecular flexibility index (Phi) is 4.53. The summed E-state index contributed by atoms with van der Waals surface area (Å²) < 4.78 is 1.80. The van der Waals surface area contributed by atoms with Crippen molar-refractivity contribution < 1.29 is 4.79 Å². The van der Waals surface area contributed by atoms with E-state index in [1.807, 2.05) is 50.4 Å². The zero-order valence-corrected chi connectivity index (χ0v) is 14.0. The lowest BCUT2D eigenvalue weighted by Gasteiger charge is -1.97. The maximum atomic E-state index is 12.3. The van der Waals surface area contributed by atoms with Gasteiger partial charge >= 0.3 is 0 Å². The molecule has 0 aliphatic rings. The summed E-state index contributed by atoms with van der Waals surface area (Å²) in [6, 6.07) is 14.2. The molecule has 2 aromatic heterocycles. The van der Waals surface area contributed by atoms with Gasteiger partial charge in [-0.05, 0) is 36.8 Å². The number of aryl methyl sites for hydroxylation is 1. The highest BCUT2D eigenvalue weighted by Crippen LogP contribution is 2.21. The number of rotatable bonds is 5. The molecule has 0 aliphatic carbocycles. The fourth-order valence-corrected chi connectivity index (χ4v) is 3.29. The Morgan fingerprint density at radius 3 is 2.70 bits per heavy atom. The summed E-state index contributed by atoms with van der Waals surface area (Å²) in [5.74, 6) is 0.0394. The Balaban J connectivity index is 1.70. The normalized spacial score (nSPS) is 11.2. The van der Waals surface area contributed by atoms with Crippen LogP contribution in [-0.2, 0) is 13.5 Å². The Morgan fingerprint density at radius 1 is 1.22 bits per heavy atom. The third kappa shape index (κ3) is 3.66. The highest BCUT2D eigenvalue weighted by molar-refractivity contribution is 7.14. The van der Waals surface area contributed by atoms with Gasteiger partial charge in [-0.1, -0.05) is 30.3 Å². The van der Waals surface area contributed by atoms with E-state index in [4.69, 9.17) is 0 Å². The molecule has 3 aromatic rings. The van der Waals surface area contributed by atoms with Crippen LogP contribution in [0.3, 0.4) is 0 Å². The van der Waals surface area contributed by atoms with E-state index in [1.54, 1.807) is 28.3 Å². The number of thiophene rings is 1. The van der Waals surface area contributed by atoms with E-state index in [0.717, 1.165) is 22.6 Å². The minimum Gasteiger partial charge on any atom is -0.288 e. The summed E-state index contributed by atoms with van der Waals surface area (Å²) in [6.07, 6.45) is 6.10. The number of aromatic nitrogens is 2. The van der Waals surface area contributed by atoms with Crippen LogP contribution in [0, 0.1) is 6.92 Å². The predicted molar refractivity (Wildman–Crippen MR) is 94.9 cm³/mol. The third-order valence-electron chi connectivity index (χ3n) is 3.81. The van der Waals surface area contributed by atoms with E-state index >= 15 is 0 Å². The van der Waals surface area contributed by atoms with E-state index < -0.39 is 0 Å². The number of hydrogen-bond donors (Lipinski definition) is 0. The van der Waals surface area contributed by atoms with Crippen LogP contribution in [0.15, 0.2) is 54.7 Å². The zero-order valence-electron chi connectivity index (χ0n) is 13.2. The maximum absolute atomic E-state index is 12.3. The second kappa shape index (κ2) is 6.75. The van der Waals surface area contributed by atoms with Crippen molar-refractivity contribution in [3.63, 3.8) is 0 Å². The molecule has 3 rings (SSSR count). The number of carbonyl (C=O) groups is 1. The van der Waals surface area contributed by atoms with Gasteiger partial charge in [0.1, 0.15) is 0 Å². The predicted octanol–water partition coefficient (Wildman–Crippen LogP) is 4.28. The molecule has 0 radical (unpaired) electrons. The van der Waals surface area contributed by atoms with E-state index in [1.165, 1.54) is 10.4 Å². The molecule has 3 nitrogen and oxygen atoms in total. The molecule has 0 atom stereocenters. The van der Waals surface area contributed by atoms with Gasteiger partial charge in [-0.15, -0.1) is 11.3 Å². The van der Waals surface area contributed by atoms with Gasteiger partial charge < -0.3 is 0 Å². The van der Waals surface area contributed by atoms with Crippen LogP contribution in [0.25, 0.3) is 6.08 Å². The minimum absolute atomic E-state index is 0.0394. The average Bonchev–Trinajstić information content (AvgIpc) is 3.15. The summed E-state index contributed by atoms with van der Waals surface area (Å²) in [4.78, 5) is 14.3. The molecule has 23 heavy (non-hydrogen) atoms. The van der Waals surface area contributed by atoms with Gasteiger partial charge in [-0.2, -0.15) is 5.10 Å². The summed E-state index contributed by atoms with van der Waals surface area (Å²) in [6.45, 7) is 1.99. The molecule has 0 bridgehead atoms.